The lowest BCUT2D eigenvalue weighted by Gasteiger charge is -2.03. The monoisotopic (exact) mass is 214 g/mol. The number of carbonyl (C=O) groups excluding carboxylic acids is 1. The molecule has 0 spiro atoms. The van der Waals surface area contributed by atoms with Gasteiger partial charge in [0.05, 0.1) is 0 Å². The molecule has 1 N–H and O–H groups in total. The highest BCUT2D eigenvalue weighted by molar-refractivity contribution is 5.90. The van der Waals surface area contributed by atoms with Crippen LogP contribution in [0.5, 0.6) is 0 Å². The third kappa shape index (κ3) is 2.60. The van der Waals surface area contributed by atoms with Crippen molar-refractivity contribution in [3.8, 4) is 0 Å². The fourth-order valence-electron chi connectivity index (χ4n) is 1.18. The highest BCUT2D eigenvalue weighted by atomic mass is 16.2. The molecular weight excluding hydrogens is 204 g/mol. The summed E-state index contributed by atoms with van der Waals surface area (Å²) in [6.45, 7) is 0.444. The summed E-state index contributed by atoms with van der Waals surface area (Å²) < 4.78 is 0. The molecule has 2 rings (SSSR count). The summed E-state index contributed by atoms with van der Waals surface area (Å²) in [4.78, 5) is 23.2. The molecule has 2 aromatic heterocycles. The molecule has 0 unspecified atom stereocenters. The summed E-state index contributed by atoms with van der Waals surface area (Å²) in [7, 11) is 0. The molecule has 5 heteroatoms. The number of hydrogen-bond donors (Lipinski definition) is 1. The van der Waals surface area contributed by atoms with Crippen LogP contribution in [0, 0.1) is 0 Å². The summed E-state index contributed by atoms with van der Waals surface area (Å²) in [5.41, 5.74) is 0.985. The van der Waals surface area contributed by atoms with Gasteiger partial charge in [-0.3, -0.25) is 9.78 Å². The van der Waals surface area contributed by atoms with Gasteiger partial charge in [0.1, 0.15) is 0 Å². The minimum Gasteiger partial charge on any atom is -0.345 e. The Hall–Kier alpha value is -2.30. The second-order valence-corrected chi connectivity index (χ2v) is 3.11. The van der Waals surface area contributed by atoms with Crippen LogP contribution in [0.1, 0.15) is 16.2 Å². The van der Waals surface area contributed by atoms with Gasteiger partial charge in [-0.2, -0.15) is 0 Å². The Balaban J connectivity index is 1.95. The summed E-state index contributed by atoms with van der Waals surface area (Å²) >= 11 is 0. The van der Waals surface area contributed by atoms with Crippen molar-refractivity contribution in [1.82, 2.24) is 20.3 Å². The molecule has 16 heavy (non-hydrogen) atoms. The van der Waals surface area contributed by atoms with Crippen molar-refractivity contribution >= 4 is 5.91 Å². The number of aromatic nitrogens is 3. The fourth-order valence-corrected chi connectivity index (χ4v) is 1.18. The number of amides is 1. The van der Waals surface area contributed by atoms with E-state index >= 15 is 0 Å². The number of carbonyl (C=O) groups is 1. The van der Waals surface area contributed by atoms with Gasteiger partial charge in [-0.1, -0.05) is 0 Å². The second-order valence-electron chi connectivity index (χ2n) is 3.11. The van der Waals surface area contributed by atoms with E-state index in [1.54, 1.807) is 18.5 Å². The Morgan fingerprint density at radius 2 is 1.81 bits per heavy atom. The maximum absolute atomic E-state index is 11.6. The first-order chi connectivity index (χ1) is 7.86. The maximum Gasteiger partial charge on any atom is 0.289 e. The van der Waals surface area contributed by atoms with Crippen molar-refractivity contribution in [3.63, 3.8) is 0 Å². The first-order valence-electron chi connectivity index (χ1n) is 4.80. The molecule has 0 saturated carbocycles. The number of hydrogen-bond acceptors (Lipinski definition) is 4. The van der Waals surface area contributed by atoms with E-state index in [-0.39, 0.29) is 11.7 Å². The zero-order valence-corrected chi connectivity index (χ0v) is 8.50. The third-order valence-electron chi connectivity index (χ3n) is 1.97. The van der Waals surface area contributed by atoms with Crippen LogP contribution < -0.4 is 5.32 Å². The largest absolute Gasteiger partial charge is 0.345 e. The van der Waals surface area contributed by atoms with Gasteiger partial charge in [0.2, 0.25) is 5.82 Å². The molecule has 80 valence electrons. The second kappa shape index (κ2) is 4.97. The molecule has 2 heterocycles. The molecule has 2 aromatic rings. The smallest absolute Gasteiger partial charge is 0.289 e. The average Bonchev–Trinajstić information content (AvgIpc) is 2.38. The number of rotatable bonds is 3. The van der Waals surface area contributed by atoms with Crippen molar-refractivity contribution < 1.29 is 4.79 Å². The highest BCUT2D eigenvalue weighted by Crippen LogP contribution is 1.96. The molecule has 0 fully saturated rings. The van der Waals surface area contributed by atoms with Crippen LogP contribution in [0.3, 0.4) is 0 Å². The molecule has 0 bridgehead atoms. The van der Waals surface area contributed by atoms with Gasteiger partial charge in [-0.25, -0.2) is 9.97 Å². The first kappa shape index (κ1) is 10.2. The van der Waals surface area contributed by atoms with Crippen molar-refractivity contribution in [1.29, 1.82) is 0 Å². The number of nitrogens with one attached hydrogen (secondary N) is 1. The van der Waals surface area contributed by atoms with Crippen LogP contribution in [-0.2, 0) is 6.54 Å². The number of nitrogens with zero attached hydrogens (tertiary/aromatic N) is 3. The molecule has 5 nitrogen and oxygen atoms in total. The van der Waals surface area contributed by atoms with Gasteiger partial charge in [-0.15, -0.1) is 0 Å². The summed E-state index contributed by atoms with van der Waals surface area (Å²) in [5, 5.41) is 2.72. The molecule has 0 aliphatic heterocycles. The van der Waals surface area contributed by atoms with E-state index in [9.17, 15) is 4.79 Å². The Kier molecular flexibility index (Phi) is 3.18. The zero-order valence-electron chi connectivity index (χ0n) is 8.50. The summed E-state index contributed by atoms with van der Waals surface area (Å²) in [6, 6.07) is 5.35. The van der Waals surface area contributed by atoms with Crippen molar-refractivity contribution in [3.05, 3.63) is 54.4 Å². The predicted molar refractivity (Wildman–Crippen MR) is 57.4 cm³/mol. The lowest BCUT2D eigenvalue weighted by Crippen LogP contribution is -2.24. The van der Waals surface area contributed by atoms with Crippen molar-refractivity contribution in [2.75, 3.05) is 0 Å². The van der Waals surface area contributed by atoms with Crippen LogP contribution in [0.2, 0.25) is 0 Å². The van der Waals surface area contributed by atoms with E-state index in [1.165, 1.54) is 12.4 Å². The van der Waals surface area contributed by atoms with Gasteiger partial charge < -0.3 is 5.32 Å². The van der Waals surface area contributed by atoms with Crippen LogP contribution in [-0.4, -0.2) is 20.9 Å². The SMILES string of the molecule is O=C(NCc1ccncc1)c1ncccn1. The molecule has 0 aliphatic rings. The van der Waals surface area contributed by atoms with Gasteiger partial charge in [0.15, 0.2) is 0 Å². The molecule has 0 atom stereocenters. The maximum atomic E-state index is 11.6. The van der Waals surface area contributed by atoms with Crippen molar-refractivity contribution in [2.24, 2.45) is 0 Å². The molecular formula is C11H10N4O. The quantitative estimate of drug-likeness (QED) is 0.820. The van der Waals surface area contributed by atoms with E-state index in [0.717, 1.165) is 5.56 Å². The zero-order chi connectivity index (χ0) is 11.2. The Morgan fingerprint density at radius 1 is 1.12 bits per heavy atom. The minimum absolute atomic E-state index is 0.177. The van der Waals surface area contributed by atoms with E-state index in [2.05, 4.69) is 20.3 Å². The first-order valence-corrected chi connectivity index (χ1v) is 4.80. The van der Waals surface area contributed by atoms with E-state index in [4.69, 9.17) is 0 Å². The van der Waals surface area contributed by atoms with E-state index in [0.29, 0.717) is 6.54 Å². The number of pyridine rings is 1. The lowest BCUT2D eigenvalue weighted by molar-refractivity contribution is 0.0940. The Labute approximate surface area is 92.6 Å². The third-order valence-corrected chi connectivity index (χ3v) is 1.97. The van der Waals surface area contributed by atoms with Crippen LogP contribution in [0.25, 0.3) is 0 Å². The van der Waals surface area contributed by atoms with E-state index in [1.807, 2.05) is 12.1 Å². The predicted octanol–water partition coefficient (Wildman–Crippen LogP) is 0.802. The normalized spacial score (nSPS) is 9.75. The van der Waals surface area contributed by atoms with Crippen molar-refractivity contribution in [2.45, 2.75) is 6.54 Å². The standard InChI is InChI=1S/C11H10N4O/c16-11(10-13-4-1-5-14-10)15-8-9-2-6-12-7-3-9/h1-7H,8H2,(H,15,16). The lowest BCUT2D eigenvalue weighted by atomic mass is 10.3. The Morgan fingerprint density at radius 3 is 2.50 bits per heavy atom. The van der Waals surface area contributed by atoms with Gasteiger partial charge in [0.25, 0.3) is 5.91 Å². The van der Waals surface area contributed by atoms with E-state index < -0.39 is 0 Å². The van der Waals surface area contributed by atoms with Gasteiger partial charge in [0, 0.05) is 31.3 Å². The minimum atomic E-state index is -0.280. The molecule has 0 radical (unpaired) electrons. The van der Waals surface area contributed by atoms with Gasteiger partial charge in [-0.05, 0) is 23.8 Å². The Bertz CT molecular complexity index is 458. The molecule has 0 aliphatic carbocycles. The molecule has 1 amide bonds. The van der Waals surface area contributed by atoms with Gasteiger partial charge >= 0.3 is 0 Å². The summed E-state index contributed by atoms with van der Waals surface area (Å²) in [6.07, 6.45) is 6.43. The van der Waals surface area contributed by atoms with Crippen LogP contribution >= 0.6 is 0 Å². The summed E-state index contributed by atoms with van der Waals surface area (Å²) in [5.74, 6) is -0.103. The average molecular weight is 214 g/mol. The topological polar surface area (TPSA) is 67.8 Å². The van der Waals surface area contributed by atoms with Crippen LogP contribution in [0.15, 0.2) is 43.0 Å². The highest BCUT2D eigenvalue weighted by Gasteiger charge is 2.06. The fraction of sp³-hybridized carbons (Fsp3) is 0.0909. The van der Waals surface area contributed by atoms with Crippen LogP contribution in [0.4, 0.5) is 0 Å². The molecule has 0 saturated heterocycles. The molecule has 0 aromatic carbocycles.